The number of hydrogen-bond acceptors (Lipinski definition) is 7. The topological polar surface area (TPSA) is 115 Å². The standard InChI is InChI=1S/C28H26F3N5O4/c1-15-20-14-39-21(13-36(20)26(37)40-15)25-34-22(23-24(32)33-10-11-35(23)25)16-6-8-17(9-7-16)27(2,38)18-4-3-5-19(12-18)28(29,30)31/h3-12,15,20-21,38H,13-14H2,1-2H3,(H2,32,33)/t15?,20-,21+,27+/m0/s1. The van der Waals surface area contributed by atoms with Gasteiger partial charge in [0, 0.05) is 18.0 Å². The van der Waals surface area contributed by atoms with Crippen LogP contribution in [0.3, 0.4) is 0 Å². The van der Waals surface area contributed by atoms with Crippen LogP contribution in [0, 0.1) is 0 Å². The Morgan fingerprint density at radius 3 is 2.55 bits per heavy atom. The Morgan fingerprint density at radius 1 is 1.10 bits per heavy atom. The van der Waals surface area contributed by atoms with Crippen LogP contribution in [0.15, 0.2) is 60.9 Å². The molecule has 0 spiro atoms. The Kier molecular flexibility index (Phi) is 6.00. The number of hydrogen-bond donors (Lipinski definition) is 2. The number of carbonyl (C=O) groups excluding carboxylic acids is 1. The number of alkyl halides is 3. The molecule has 4 atom stereocenters. The second-order valence-corrected chi connectivity index (χ2v) is 10.2. The second-order valence-electron chi connectivity index (χ2n) is 10.2. The number of fused-ring (bicyclic) bond motifs is 2. The number of nitrogens with two attached hydrogens (primary N) is 1. The fourth-order valence-electron chi connectivity index (χ4n) is 5.36. The number of cyclic esters (lactones) is 1. The van der Waals surface area contributed by atoms with Crippen LogP contribution in [-0.2, 0) is 21.3 Å². The van der Waals surface area contributed by atoms with Crippen LogP contribution >= 0.6 is 0 Å². The van der Waals surface area contributed by atoms with Crippen molar-refractivity contribution < 1.29 is 32.5 Å². The zero-order chi connectivity index (χ0) is 28.4. The van der Waals surface area contributed by atoms with Gasteiger partial charge in [-0.15, -0.1) is 0 Å². The number of ether oxygens (including phenoxy) is 2. The number of rotatable bonds is 4. The molecule has 1 unspecified atom stereocenters. The smallest absolute Gasteiger partial charge is 0.416 e. The molecule has 2 aliphatic heterocycles. The minimum atomic E-state index is -4.53. The molecule has 1 amide bonds. The maximum Gasteiger partial charge on any atom is 0.416 e. The SMILES string of the molecule is CC1OC(=O)N2C[C@H](c3nc(-c4ccc([C@@](C)(O)c5cccc(C(F)(F)F)c5)cc4)c4c(N)nccn34)OC[C@@H]12. The average molecular weight is 554 g/mol. The first-order valence-corrected chi connectivity index (χ1v) is 12.7. The van der Waals surface area contributed by atoms with Crippen molar-refractivity contribution in [3.63, 3.8) is 0 Å². The Bertz CT molecular complexity index is 1600. The van der Waals surface area contributed by atoms with Gasteiger partial charge >= 0.3 is 12.3 Å². The quantitative estimate of drug-likeness (QED) is 0.382. The second kappa shape index (κ2) is 9.20. The zero-order valence-electron chi connectivity index (χ0n) is 21.6. The van der Waals surface area contributed by atoms with Crippen molar-refractivity contribution in [2.75, 3.05) is 18.9 Å². The lowest BCUT2D eigenvalue weighted by Gasteiger charge is -2.33. The number of benzene rings is 2. The predicted octanol–water partition coefficient (Wildman–Crippen LogP) is 4.53. The number of halogens is 3. The summed E-state index contributed by atoms with van der Waals surface area (Å²) in [6.45, 7) is 3.83. The van der Waals surface area contributed by atoms with E-state index < -0.39 is 29.5 Å². The average Bonchev–Trinajstić information content (AvgIpc) is 3.46. The Morgan fingerprint density at radius 2 is 1.82 bits per heavy atom. The van der Waals surface area contributed by atoms with Gasteiger partial charge in [-0.1, -0.05) is 36.4 Å². The lowest BCUT2D eigenvalue weighted by molar-refractivity contribution is -0.137. The van der Waals surface area contributed by atoms with Crippen LogP contribution in [0.25, 0.3) is 16.8 Å². The molecule has 9 nitrogen and oxygen atoms in total. The third-order valence-corrected chi connectivity index (χ3v) is 7.66. The van der Waals surface area contributed by atoms with Gasteiger partial charge in [-0.05, 0) is 37.1 Å². The highest BCUT2D eigenvalue weighted by Crippen LogP contribution is 2.38. The largest absolute Gasteiger partial charge is 0.444 e. The molecule has 0 aliphatic carbocycles. The van der Waals surface area contributed by atoms with Gasteiger partial charge in [0.05, 0.1) is 24.8 Å². The molecule has 6 rings (SSSR count). The fraction of sp³-hybridized carbons (Fsp3) is 0.321. The zero-order valence-corrected chi connectivity index (χ0v) is 21.6. The fourth-order valence-corrected chi connectivity index (χ4v) is 5.36. The van der Waals surface area contributed by atoms with Gasteiger partial charge in [0.15, 0.2) is 0 Å². The van der Waals surface area contributed by atoms with E-state index in [1.165, 1.54) is 19.1 Å². The maximum atomic E-state index is 13.3. The van der Waals surface area contributed by atoms with E-state index in [1.807, 2.05) is 6.92 Å². The van der Waals surface area contributed by atoms with Crippen LogP contribution < -0.4 is 5.73 Å². The Labute approximate surface area is 227 Å². The van der Waals surface area contributed by atoms with Gasteiger partial charge in [0.25, 0.3) is 0 Å². The highest BCUT2D eigenvalue weighted by atomic mass is 19.4. The molecule has 2 aromatic carbocycles. The van der Waals surface area contributed by atoms with Crippen LogP contribution in [0.4, 0.5) is 23.8 Å². The number of morpholine rings is 1. The summed E-state index contributed by atoms with van der Waals surface area (Å²) in [5.41, 5.74) is 5.94. The van der Waals surface area contributed by atoms with Crippen LogP contribution in [0.2, 0.25) is 0 Å². The summed E-state index contributed by atoms with van der Waals surface area (Å²) in [5.74, 6) is 0.768. The molecule has 3 N–H and O–H groups in total. The molecule has 0 radical (unpaired) electrons. The van der Waals surface area contributed by atoms with E-state index in [0.717, 1.165) is 12.1 Å². The predicted molar refractivity (Wildman–Crippen MR) is 138 cm³/mol. The first kappa shape index (κ1) is 26.1. The summed E-state index contributed by atoms with van der Waals surface area (Å²) >= 11 is 0. The molecule has 0 saturated carbocycles. The van der Waals surface area contributed by atoms with Gasteiger partial charge in [0.2, 0.25) is 0 Å². The minimum absolute atomic E-state index is 0.112. The molecular weight excluding hydrogens is 527 g/mol. The van der Waals surface area contributed by atoms with Crippen molar-refractivity contribution in [1.82, 2.24) is 19.3 Å². The van der Waals surface area contributed by atoms with Crippen molar-refractivity contribution in [2.45, 2.75) is 43.9 Å². The number of nitrogen functional groups attached to an aromatic ring is 1. The van der Waals surface area contributed by atoms with Gasteiger partial charge in [-0.25, -0.2) is 14.8 Å². The van der Waals surface area contributed by atoms with Gasteiger partial charge in [0.1, 0.15) is 40.7 Å². The molecule has 12 heteroatoms. The summed E-state index contributed by atoms with van der Waals surface area (Å²) in [6, 6.07) is 11.2. The summed E-state index contributed by atoms with van der Waals surface area (Å²) in [5, 5.41) is 11.2. The molecule has 2 aromatic heterocycles. The number of anilines is 1. The van der Waals surface area contributed by atoms with E-state index in [9.17, 15) is 23.1 Å². The lowest BCUT2D eigenvalue weighted by Crippen LogP contribution is -2.47. The highest BCUT2D eigenvalue weighted by Gasteiger charge is 2.45. The molecule has 2 aliphatic rings. The van der Waals surface area contributed by atoms with Crippen LogP contribution in [0.1, 0.15) is 42.5 Å². The molecule has 4 heterocycles. The third-order valence-electron chi connectivity index (χ3n) is 7.66. The molecule has 0 bridgehead atoms. The number of aliphatic hydroxyl groups is 1. The summed E-state index contributed by atoms with van der Waals surface area (Å²) in [7, 11) is 0. The molecule has 4 aromatic rings. The number of nitrogens with zero attached hydrogens (tertiary/aromatic N) is 4. The summed E-state index contributed by atoms with van der Waals surface area (Å²) in [4.78, 5) is 23.0. The van der Waals surface area contributed by atoms with E-state index in [4.69, 9.17) is 20.2 Å². The Balaban J connectivity index is 1.35. The molecule has 2 saturated heterocycles. The molecule has 208 valence electrons. The van der Waals surface area contributed by atoms with Crippen molar-refractivity contribution in [3.05, 3.63) is 83.4 Å². The van der Waals surface area contributed by atoms with Crippen molar-refractivity contribution >= 4 is 17.4 Å². The van der Waals surface area contributed by atoms with Crippen molar-refractivity contribution in [2.24, 2.45) is 0 Å². The van der Waals surface area contributed by atoms with E-state index in [2.05, 4.69) is 4.98 Å². The van der Waals surface area contributed by atoms with E-state index in [1.54, 1.807) is 46.0 Å². The van der Waals surface area contributed by atoms with Gasteiger partial charge in [-0.3, -0.25) is 9.30 Å². The third kappa shape index (κ3) is 4.23. The summed E-state index contributed by atoms with van der Waals surface area (Å²) in [6.07, 6.45) is -2.47. The molecule has 40 heavy (non-hydrogen) atoms. The normalized spacial score (nSPS) is 22.7. The first-order chi connectivity index (χ1) is 18.9. The first-order valence-electron chi connectivity index (χ1n) is 12.7. The highest BCUT2D eigenvalue weighted by molar-refractivity contribution is 5.85. The van der Waals surface area contributed by atoms with Gasteiger partial charge in [-0.2, -0.15) is 13.2 Å². The van der Waals surface area contributed by atoms with Crippen molar-refractivity contribution in [3.8, 4) is 11.3 Å². The van der Waals surface area contributed by atoms with Crippen LogP contribution in [-0.4, -0.2) is 55.8 Å². The van der Waals surface area contributed by atoms with Gasteiger partial charge < -0.3 is 20.3 Å². The lowest BCUT2D eigenvalue weighted by atomic mass is 9.87. The van der Waals surface area contributed by atoms with Crippen LogP contribution in [0.5, 0.6) is 0 Å². The minimum Gasteiger partial charge on any atom is -0.444 e. The molecule has 2 fully saturated rings. The Hall–Kier alpha value is -4.16. The van der Waals surface area contributed by atoms with Crippen molar-refractivity contribution in [1.29, 1.82) is 0 Å². The molecular formula is C28H26F3N5O4. The number of aromatic nitrogens is 3. The van der Waals surface area contributed by atoms with E-state index in [0.29, 0.717) is 34.8 Å². The summed E-state index contributed by atoms with van der Waals surface area (Å²) < 4.78 is 53.0. The number of amides is 1. The van der Waals surface area contributed by atoms with E-state index >= 15 is 0 Å². The number of carbonyl (C=O) groups is 1. The monoisotopic (exact) mass is 553 g/mol. The van der Waals surface area contributed by atoms with E-state index in [-0.39, 0.29) is 30.1 Å². The maximum absolute atomic E-state index is 13.3. The number of imidazole rings is 1.